The van der Waals surface area contributed by atoms with E-state index >= 15 is 0 Å². The monoisotopic (exact) mass is 363 g/mol. The molecule has 0 saturated carbocycles. The van der Waals surface area contributed by atoms with Gasteiger partial charge < -0.3 is 5.32 Å². The Morgan fingerprint density at radius 2 is 1.88 bits per heavy atom. The molecule has 1 aliphatic heterocycles. The van der Waals surface area contributed by atoms with E-state index in [9.17, 15) is 13.2 Å². The molecule has 7 heteroatoms. The molecular formula is C18H16F3N3S. The number of hydrogen-bond donors (Lipinski definition) is 1. The minimum Gasteiger partial charge on any atom is -0.370 e. The molecule has 0 radical (unpaired) electrons. The minimum atomic E-state index is -4.33. The summed E-state index contributed by atoms with van der Waals surface area (Å²) >= 11 is 1.61. The Labute approximate surface area is 147 Å². The first-order valence-corrected chi connectivity index (χ1v) is 9.04. The van der Waals surface area contributed by atoms with E-state index in [0.717, 1.165) is 60.6 Å². The molecule has 0 bridgehead atoms. The Bertz CT molecular complexity index is 864. The molecule has 3 nitrogen and oxygen atoms in total. The Kier molecular flexibility index (Phi) is 4.03. The molecule has 3 aromatic rings. The molecule has 0 saturated heterocycles. The fourth-order valence-electron chi connectivity index (χ4n) is 3.11. The molecule has 130 valence electrons. The topological polar surface area (TPSA) is 29.9 Å². The molecule has 2 aromatic heterocycles. The third kappa shape index (κ3) is 3.04. The molecule has 0 amide bonds. The predicted octanol–water partition coefficient (Wildman–Crippen LogP) is 5.37. The van der Waals surface area contributed by atoms with Gasteiger partial charge in [-0.3, -0.25) is 0 Å². The molecule has 0 spiro atoms. The highest BCUT2D eigenvalue weighted by molar-refractivity contribution is 7.08. The highest BCUT2D eigenvalue weighted by Crippen LogP contribution is 2.35. The number of aromatic nitrogens is 2. The molecule has 1 aromatic carbocycles. The summed E-state index contributed by atoms with van der Waals surface area (Å²) in [6, 6.07) is 7.17. The summed E-state index contributed by atoms with van der Waals surface area (Å²) in [6.45, 7) is 0.836. The minimum absolute atomic E-state index is 0.625. The van der Waals surface area contributed by atoms with Crippen LogP contribution < -0.4 is 5.32 Å². The molecule has 1 N–H and O–H groups in total. The molecule has 1 aliphatic rings. The highest BCUT2D eigenvalue weighted by Gasteiger charge is 2.30. The Balaban J connectivity index is 1.82. The normalized spacial score (nSPS) is 14.7. The van der Waals surface area contributed by atoms with Crippen LogP contribution in [0.2, 0.25) is 0 Å². The lowest BCUT2D eigenvalue weighted by molar-refractivity contribution is -0.137. The van der Waals surface area contributed by atoms with Crippen molar-refractivity contribution in [1.29, 1.82) is 0 Å². The van der Waals surface area contributed by atoms with E-state index in [2.05, 4.69) is 5.32 Å². The number of anilines is 1. The predicted molar refractivity (Wildman–Crippen MR) is 93.3 cm³/mol. The maximum atomic E-state index is 12.8. The highest BCUT2D eigenvalue weighted by atomic mass is 32.1. The Hall–Kier alpha value is -2.28. The van der Waals surface area contributed by atoms with Crippen LogP contribution in [0.15, 0.2) is 41.1 Å². The van der Waals surface area contributed by atoms with E-state index < -0.39 is 11.7 Å². The molecule has 25 heavy (non-hydrogen) atoms. The summed E-state index contributed by atoms with van der Waals surface area (Å²) in [6.07, 6.45) is -1.30. The average Bonchev–Trinajstić information content (AvgIpc) is 3.16. The number of hydrogen-bond acceptors (Lipinski definition) is 3. The largest absolute Gasteiger partial charge is 0.416 e. The number of halogens is 3. The summed E-state index contributed by atoms with van der Waals surface area (Å²) < 4.78 is 40.1. The Morgan fingerprint density at radius 3 is 2.56 bits per heavy atom. The van der Waals surface area contributed by atoms with Crippen molar-refractivity contribution in [1.82, 2.24) is 9.78 Å². The van der Waals surface area contributed by atoms with Crippen molar-refractivity contribution in [3.05, 3.63) is 52.2 Å². The molecular weight excluding hydrogens is 347 g/mol. The first-order valence-electron chi connectivity index (χ1n) is 8.10. The van der Waals surface area contributed by atoms with Gasteiger partial charge in [-0.15, -0.1) is 0 Å². The van der Waals surface area contributed by atoms with Crippen molar-refractivity contribution >= 4 is 17.2 Å². The zero-order valence-electron chi connectivity index (χ0n) is 13.3. The van der Waals surface area contributed by atoms with Gasteiger partial charge in [-0.2, -0.15) is 29.6 Å². The van der Waals surface area contributed by atoms with Crippen LogP contribution in [0.1, 0.15) is 24.0 Å². The van der Waals surface area contributed by atoms with Gasteiger partial charge in [0.25, 0.3) is 0 Å². The quantitative estimate of drug-likeness (QED) is 0.663. The maximum Gasteiger partial charge on any atom is 0.416 e. The van der Waals surface area contributed by atoms with Crippen LogP contribution in [-0.4, -0.2) is 16.3 Å². The molecule has 0 atom stereocenters. The third-order valence-corrected chi connectivity index (χ3v) is 5.05. The number of thiophene rings is 1. The number of nitrogens with one attached hydrogen (secondary N) is 1. The lowest BCUT2D eigenvalue weighted by atomic mass is 10.1. The van der Waals surface area contributed by atoms with Gasteiger partial charge in [0.15, 0.2) is 0 Å². The van der Waals surface area contributed by atoms with Gasteiger partial charge in [0.05, 0.1) is 16.9 Å². The van der Waals surface area contributed by atoms with Crippen molar-refractivity contribution in [3.8, 4) is 16.9 Å². The molecule has 0 fully saturated rings. The van der Waals surface area contributed by atoms with Crippen molar-refractivity contribution in [2.45, 2.75) is 25.4 Å². The average molecular weight is 363 g/mol. The van der Waals surface area contributed by atoms with Crippen LogP contribution >= 0.6 is 11.3 Å². The van der Waals surface area contributed by atoms with Gasteiger partial charge in [0.1, 0.15) is 5.82 Å². The second-order valence-corrected chi connectivity index (χ2v) is 6.81. The lowest BCUT2D eigenvalue weighted by Gasteiger charge is -2.11. The van der Waals surface area contributed by atoms with Crippen molar-refractivity contribution in [2.75, 3.05) is 11.9 Å². The van der Waals surface area contributed by atoms with Crippen LogP contribution in [0.3, 0.4) is 0 Å². The van der Waals surface area contributed by atoms with Crippen LogP contribution in [0.25, 0.3) is 16.9 Å². The molecule has 4 rings (SSSR count). The summed E-state index contributed by atoms with van der Waals surface area (Å²) in [5.41, 5.74) is 3.07. The van der Waals surface area contributed by atoms with Crippen molar-refractivity contribution in [3.63, 3.8) is 0 Å². The fourth-order valence-corrected chi connectivity index (χ4v) is 3.75. The van der Waals surface area contributed by atoms with E-state index in [1.54, 1.807) is 16.0 Å². The zero-order valence-corrected chi connectivity index (χ0v) is 14.1. The maximum absolute atomic E-state index is 12.8. The first-order chi connectivity index (χ1) is 12.0. The van der Waals surface area contributed by atoms with Crippen LogP contribution in [0, 0.1) is 0 Å². The number of benzene rings is 1. The standard InChI is InChI=1S/C18H16F3N3S/c19-18(20,21)13-4-6-14(7-5-13)24-17-15(3-1-2-9-22-17)16(23-24)12-8-10-25-11-12/h4-8,10-11,22H,1-3,9H2. The van der Waals surface area contributed by atoms with Crippen LogP contribution in [-0.2, 0) is 12.6 Å². The van der Waals surface area contributed by atoms with Gasteiger partial charge in [0, 0.05) is 23.1 Å². The van der Waals surface area contributed by atoms with Gasteiger partial charge in [-0.05, 0) is 55.0 Å². The number of rotatable bonds is 2. The van der Waals surface area contributed by atoms with E-state index in [0.29, 0.717) is 5.69 Å². The summed E-state index contributed by atoms with van der Waals surface area (Å²) in [4.78, 5) is 0. The van der Waals surface area contributed by atoms with Gasteiger partial charge in [-0.25, -0.2) is 4.68 Å². The van der Waals surface area contributed by atoms with E-state index in [-0.39, 0.29) is 0 Å². The molecule has 0 unspecified atom stereocenters. The van der Waals surface area contributed by atoms with Gasteiger partial charge >= 0.3 is 6.18 Å². The summed E-state index contributed by atoms with van der Waals surface area (Å²) in [5, 5.41) is 12.2. The SMILES string of the molecule is FC(F)(F)c1ccc(-n2nc(-c3ccsc3)c3c2NCCCC3)cc1. The second kappa shape index (κ2) is 6.22. The van der Waals surface area contributed by atoms with E-state index in [1.165, 1.54) is 12.1 Å². The third-order valence-electron chi connectivity index (χ3n) is 4.36. The van der Waals surface area contributed by atoms with Crippen molar-refractivity contribution in [2.24, 2.45) is 0 Å². The first kappa shape index (κ1) is 16.2. The molecule has 0 aliphatic carbocycles. The second-order valence-electron chi connectivity index (χ2n) is 6.03. The van der Waals surface area contributed by atoms with E-state index in [1.807, 2.05) is 16.8 Å². The number of alkyl halides is 3. The number of nitrogens with zero attached hydrogens (tertiary/aromatic N) is 2. The van der Waals surface area contributed by atoms with E-state index in [4.69, 9.17) is 5.10 Å². The zero-order chi connectivity index (χ0) is 17.4. The fraction of sp³-hybridized carbons (Fsp3) is 0.278. The lowest BCUT2D eigenvalue weighted by Crippen LogP contribution is -2.08. The van der Waals surface area contributed by atoms with Crippen molar-refractivity contribution < 1.29 is 13.2 Å². The summed E-state index contributed by atoms with van der Waals surface area (Å²) in [7, 11) is 0. The smallest absolute Gasteiger partial charge is 0.370 e. The van der Waals surface area contributed by atoms with Crippen LogP contribution in [0.5, 0.6) is 0 Å². The summed E-state index contributed by atoms with van der Waals surface area (Å²) in [5.74, 6) is 0.887. The van der Waals surface area contributed by atoms with Gasteiger partial charge in [-0.1, -0.05) is 0 Å². The molecule has 3 heterocycles. The van der Waals surface area contributed by atoms with Gasteiger partial charge in [0.2, 0.25) is 0 Å². The van der Waals surface area contributed by atoms with Crippen LogP contribution in [0.4, 0.5) is 19.0 Å². The Morgan fingerprint density at radius 1 is 1.08 bits per heavy atom. The number of fused-ring (bicyclic) bond motifs is 1.